The lowest BCUT2D eigenvalue weighted by Crippen LogP contribution is -2.45. The van der Waals surface area contributed by atoms with E-state index in [1.165, 1.54) is 0 Å². The summed E-state index contributed by atoms with van der Waals surface area (Å²) >= 11 is 12.6. The Hall–Kier alpha value is -3.06. The molecule has 3 aliphatic rings. The average Bonchev–Trinajstić information content (AvgIpc) is 2.95. The zero-order valence-electron chi connectivity index (χ0n) is 27.9. The highest BCUT2D eigenvalue weighted by molar-refractivity contribution is 6.35. The van der Waals surface area contributed by atoms with Crippen molar-refractivity contribution in [1.29, 1.82) is 0 Å². The summed E-state index contributed by atoms with van der Waals surface area (Å²) in [6.07, 6.45) is 4.64. The van der Waals surface area contributed by atoms with Crippen LogP contribution in [0.25, 0.3) is 0 Å². The third-order valence-electron chi connectivity index (χ3n) is 9.08. The van der Waals surface area contributed by atoms with Gasteiger partial charge in [0.2, 0.25) is 0 Å². The van der Waals surface area contributed by atoms with Gasteiger partial charge in [-0.1, -0.05) is 69.1 Å². The van der Waals surface area contributed by atoms with E-state index in [4.69, 9.17) is 37.4 Å². The van der Waals surface area contributed by atoms with E-state index in [2.05, 4.69) is 45.2 Å². The first-order valence-electron chi connectivity index (χ1n) is 16.1. The molecule has 0 amide bonds. The lowest BCUT2D eigenvalue weighted by Gasteiger charge is -2.49. The van der Waals surface area contributed by atoms with Crippen LogP contribution in [0, 0.1) is 10.8 Å². The number of ketones is 2. The van der Waals surface area contributed by atoms with Crippen LogP contribution in [-0.2, 0) is 27.4 Å². The van der Waals surface area contributed by atoms with Crippen LogP contribution in [0.2, 0.25) is 10.0 Å². The van der Waals surface area contributed by atoms with Crippen LogP contribution in [0.5, 0.6) is 11.5 Å². The van der Waals surface area contributed by atoms with E-state index in [1.807, 2.05) is 25.1 Å². The summed E-state index contributed by atoms with van der Waals surface area (Å²) in [7, 11) is 1.68. The molecule has 0 unspecified atom stereocenters. The molecule has 0 saturated carbocycles. The van der Waals surface area contributed by atoms with Crippen molar-refractivity contribution in [3.8, 4) is 11.5 Å². The maximum Gasteiger partial charge on any atom is 0.165 e. The molecular formula is C38H45Cl2NO5. The van der Waals surface area contributed by atoms with E-state index >= 15 is 0 Å². The molecule has 46 heavy (non-hydrogen) atoms. The molecule has 8 heteroatoms. The summed E-state index contributed by atoms with van der Waals surface area (Å²) in [5.74, 6) is 0.816. The molecule has 0 N–H and O–H groups in total. The predicted molar refractivity (Wildman–Crippen MR) is 184 cm³/mol. The fraction of sp³-hybridized carbons (Fsp3) is 0.474. The highest BCUT2D eigenvalue weighted by Gasteiger charge is 2.49. The number of carbonyl (C=O) groups is 2. The Labute approximate surface area is 283 Å². The molecule has 0 saturated heterocycles. The number of nitrogens with zero attached hydrogens (tertiary/aromatic N) is 1. The first-order chi connectivity index (χ1) is 21.8. The molecule has 0 radical (unpaired) electrons. The van der Waals surface area contributed by atoms with Crippen LogP contribution >= 0.6 is 23.2 Å². The van der Waals surface area contributed by atoms with Gasteiger partial charge < -0.3 is 19.1 Å². The molecule has 6 nitrogen and oxygen atoms in total. The first-order valence-corrected chi connectivity index (χ1v) is 16.8. The second-order valence-corrected chi connectivity index (χ2v) is 15.0. The number of hydrogen-bond acceptors (Lipinski definition) is 6. The van der Waals surface area contributed by atoms with E-state index in [1.54, 1.807) is 19.2 Å². The number of carbonyl (C=O) groups excluding carboxylic acids is 2. The van der Waals surface area contributed by atoms with Crippen molar-refractivity contribution in [1.82, 2.24) is 4.90 Å². The summed E-state index contributed by atoms with van der Waals surface area (Å²) < 4.78 is 18.2. The number of rotatable bonds is 11. The van der Waals surface area contributed by atoms with Crippen molar-refractivity contribution >= 4 is 34.8 Å². The number of ether oxygens (including phenoxy) is 3. The van der Waals surface area contributed by atoms with Gasteiger partial charge in [0.1, 0.15) is 6.61 Å². The third kappa shape index (κ3) is 6.95. The van der Waals surface area contributed by atoms with Gasteiger partial charge in [0.15, 0.2) is 23.1 Å². The van der Waals surface area contributed by atoms with Crippen LogP contribution < -0.4 is 9.47 Å². The first kappa shape index (κ1) is 34.3. The zero-order chi connectivity index (χ0) is 33.4. The third-order valence-corrected chi connectivity index (χ3v) is 9.67. The second-order valence-electron chi connectivity index (χ2n) is 14.1. The highest BCUT2D eigenvalue weighted by atomic mass is 35.5. The van der Waals surface area contributed by atoms with Crippen molar-refractivity contribution < 1.29 is 23.8 Å². The van der Waals surface area contributed by atoms with Gasteiger partial charge >= 0.3 is 0 Å². The minimum Gasteiger partial charge on any atom is -0.490 e. The fourth-order valence-corrected chi connectivity index (χ4v) is 7.67. The van der Waals surface area contributed by atoms with Gasteiger partial charge in [0.25, 0.3) is 0 Å². The van der Waals surface area contributed by atoms with E-state index in [0.717, 1.165) is 52.1 Å². The molecule has 0 bridgehead atoms. The summed E-state index contributed by atoms with van der Waals surface area (Å²) in [4.78, 5) is 30.7. The van der Waals surface area contributed by atoms with E-state index in [0.29, 0.717) is 60.6 Å². The van der Waals surface area contributed by atoms with Crippen molar-refractivity contribution in [2.45, 2.75) is 79.2 Å². The number of hydrogen-bond donors (Lipinski definition) is 0. The van der Waals surface area contributed by atoms with Gasteiger partial charge in [0, 0.05) is 76.1 Å². The molecule has 5 rings (SSSR count). The summed E-state index contributed by atoms with van der Waals surface area (Å²) in [6, 6.07) is 9.34. The molecule has 0 fully saturated rings. The minimum absolute atomic E-state index is 0.0868. The van der Waals surface area contributed by atoms with Gasteiger partial charge in [-0.3, -0.25) is 9.59 Å². The number of benzene rings is 2. The van der Waals surface area contributed by atoms with Crippen LogP contribution in [0.15, 0.2) is 65.5 Å². The lowest BCUT2D eigenvalue weighted by atomic mass is 9.63. The molecule has 1 heterocycles. The van der Waals surface area contributed by atoms with Crippen molar-refractivity contribution in [3.05, 3.63) is 92.3 Å². The lowest BCUT2D eigenvalue weighted by molar-refractivity contribution is -0.119. The molecule has 0 spiro atoms. The fourth-order valence-electron chi connectivity index (χ4n) is 7.21. The zero-order valence-corrected chi connectivity index (χ0v) is 29.4. The van der Waals surface area contributed by atoms with Gasteiger partial charge in [-0.05, 0) is 60.8 Å². The van der Waals surface area contributed by atoms with Crippen LogP contribution in [0.4, 0.5) is 0 Å². The van der Waals surface area contributed by atoms with E-state index in [-0.39, 0.29) is 29.0 Å². The average molecular weight is 667 g/mol. The highest BCUT2D eigenvalue weighted by Crippen LogP contribution is 2.55. The van der Waals surface area contributed by atoms with Crippen molar-refractivity contribution in [2.24, 2.45) is 10.8 Å². The molecule has 2 aromatic rings. The van der Waals surface area contributed by atoms with E-state index in [9.17, 15) is 9.59 Å². The van der Waals surface area contributed by atoms with Gasteiger partial charge in [-0.15, -0.1) is 6.58 Å². The largest absolute Gasteiger partial charge is 0.490 e. The molecule has 246 valence electrons. The molecule has 0 aromatic heterocycles. The standard InChI is InChI=1S/C38H45Cl2NO5/c1-8-10-23-15-25(16-32(45-9-2)36(23)46-22-24-11-12-26(39)17-27(24)40)33-34-28(18-37(3,4)20-30(34)42)41(13-14-44-7)29-19-38(5,6)21-31(43)35(29)33/h8,11-12,15-17,33H,1,9-10,13-14,18-22H2,2-7H3. The quantitative estimate of drug-likeness (QED) is 0.223. The number of Topliss-reactive ketones (excluding diaryl/α,β-unsaturated/α-hetero) is 2. The Morgan fingerprint density at radius 3 is 2.09 bits per heavy atom. The Morgan fingerprint density at radius 1 is 0.913 bits per heavy atom. The van der Waals surface area contributed by atoms with Crippen molar-refractivity contribution in [3.63, 3.8) is 0 Å². The molecule has 2 aromatic carbocycles. The van der Waals surface area contributed by atoms with Crippen molar-refractivity contribution in [2.75, 3.05) is 26.9 Å². The molecule has 2 aliphatic carbocycles. The van der Waals surface area contributed by atoms with E-state index < -0.39 is 5.92 Å². The maximum atomic E-state index is 14.2. The summed E-state index contributed by atoms with van der Waals surface area (Å²) in [5, 5.41) is 1.07. The minimum atomic E-state index is -0.501. The topological polar surface area (TPSA) is 65.1 Å². The Bertz CT molecular complexity index is 1560. The summed E-state index contributed by atoms with van der Waals surface area (Å²) in [5.41, 5.74) is 5.55. The Morgan fingerprint density at radius 2 is 1.54 bits per heavy atom. The van der Waals surface area contributed by atoms with Gasteiger partial charge in [-0.2, -0.15) is 0 Å². The molecular weight excluding hydrogens is 621 g/mol. The van der Waals surface area contributed by atoms with Gasteiger partial charge in [-0.25, -0.2) is 0 Å². The second kappa shape index (κ2) is 13.6. The molecule has 1 aliphatic heterocycles. The van der Waals surface area contributed by atoms with Crippen LogP contribution in [0.3, 0.4) is 0 Å². The monoisotopic (exact) mass is 665 g/mol. The maximum absolute atomic E-state index is 14.2. The smallest absolute Gasteiger partial charge is 0.165 e. The van der Waals surface area contributed by atoms with Crippen LogP contribution in [0.1, 0.15) is 82.9 Å². The number of allylic oxidation sites excluding steroid dienone is 5. The Balaban J connectivity index is 1.71. The van der Waals surface area contributed by atoms with Crippen LogP contribution in [-0.4, -0.2) is 43.3 Å². The number of halogens is 2. The van der Waals surface area contributed by atoms with Gasteiger partial charge in [0.05, 0.1) is 13.2 Å². The predicted octanol–water partition coefficient (Wildman–Crippen LogP) is 9.03. The normalized spacial score (nSPS) is 19.3. The summed E-state index contributed by atoms with van der Waals surface area (Å²) in [6.45, 7) is 16.2. The SMILES string of the molecule is C=CCc1cc(C2C3=C(CC(C)(C)CC3=O)N(CCOC)C3=C2C(=O)CC(C)(C)C3)cc(OCC)c1OCc1ccc(Cl)cc1Cl. The molecule has 0 atom stereocenters. The number of methoxy groups -OCH3 is 1. The Kier molecular flexibility index (Phi) is 10.1.